The van der Waals surface area contributed by atoms with Crippen LogP contribution in [0.2, 0.25) is 0 Å². The average Bonchev–Trinajstić information content (AvgIpc) is 2.19. The number of aryl methyl sites for hydroxylation is 2. The van der Waals surface area contributed by atoms with Gasteiger partial charge < -0.3 is 9.84 Å². The highest BCUT2D eigenvalue weighted by Gasteiger charge is 2.00. The summed E-state index contributed by atoms with van der Waals surface area (Å²) in [4.78, 5) is 0. The monoisotopic (exact) mass is 194 g/mol. The predicted octanol–water partition coefficient (Wildman–Crippen LogP) is 2.32. The van der Waals surface area contributed by atoms with Crippen molar-refractivity contribution in [2.45, 2.75) is 26.7 Å². The Hall–Kier alpha value is -1.02. The molecular formula is C12H18O2. The summed E-state index contributed by atoms with van der Waals surface area (Å²) in [6, 6.07) is 6.19. The Labute approximate surface area is 85.5 Å². The molecule has 2 heteroatoms. The van der Waals surface area contributed by atoms with Crippen LogP contribution in [-0.4, -0.2) is 18.3 Å². The van der Waals surface area contributed by atoms with Crippen molar-refractivity contribution in [3.8, 4) is 5.75 Å². The lowest BCUT2D eigenvalue weighted by atomic mass is 10.1. The van der Waals surface area contributed by atoms with Crippen molar-refractivity contribution >= 4 is 0 Å². The quantitative estimate of drug-likeness (QED) is 0.779. The second-order valence-corrected chi connectivity index (χ2v) is 3.36. The summed E-state index contributed by atoms with van der Waals surface area (Å²) < 4.78 is 5.45. The van der Waals surface area contributed by atoms with Gasteiger partial charge in [0.25, 0.3) is 0 Å². The van der Waals surface area contributed by atoms with Crippen molar-refractivity contribution in [1.82, 2.24) is 0 Å². The van der Waals surface area contributed by atoms with Gasteiger partial charge >= 0.3 is 0 Å². The summed E-state index contributed by atoms with van der Waals surface area (Å²) in [6.45, 7) is 5.00. The fraction of sp³-hybridized carbons (Fsp3) is 0.500. The molecule has 0 aromatic heterocycles. The van der Waals surface area contributed by atoms with Crippen molar-refractivity contribution < 1.29 is 9.84 Å². The molecule has 2 nitrogen and oxygen atoms in total. The van der Waals surface area contributed by atoms with Crippen LogP contribution in [-0.2, 0) is 6.42 Å². The van der Waals surface area contributed by atoms with Gasteiger partial charge in [0.05, 0.1) is 6.61 Å². The zero-order valence-corrected chi connectivity index (χ0v) is 8.92. The number of aliphatic hydroxyl groups excluding tert-OH is 1. The van der Waals surface area contributed by atoms with E-state index in [0.29, 0.717) is 6.61 Å². The maximum Gasteiger partial charge on any atom is 0.122 e. The molecule has 0 atom stereocenters. The van der Waals surface area contributed by atoms with E-state index in [2.05, 4.69) is 12.1 Å². The standard InChI is InChI=1S/C12H18O2/c1-3-14-12-7-6-11(5-4-8-13)9-10(12)2/h6-7,9,13H,3-5,8H2,1-2H3. The number of hydrogen-bond donors (Lipinski definition) is 1. The fourth-order valence-corrected chi connectivity index (χ4v) is 1.47. The minimum Gasteiger partial charge on any atom is -0.494 e. The molecule has 1 aromatic rings. The van der Waals surface area contributed by atoms with Gasteiger partial charge in [0.2, 0.25) is 0 Å². The Morgan fingerprint density at radius 2 is 2.14 bits per heavy atom. The minimum atomic E-state index is 0.256. The van der Waals surface area contributed by atoms with E-state index in [-0.39, 0.29) is 6.61 Å². The van der Waals surface area contributed by atoms with Crippen molar-refractivity contribution in [2.24, 2.45) is 0 Å². The third-order valence-electron chi connectivity index (χ3n) is 2.16. The second-order valence-electron chi connectivity index (χ2n) is 3.36. The molecule has 0 spiro atoms. The second kappa shape index (κ2) is 5.66. The Balaban J connectivity index is 2.68. The maximum absolute atomic E-state index is 8.71. The lowest BCUT2D eigenvalue weighted by Crippen LogP contribution is -1.96. The van der Waals surface area contributed by atoms with Crippen LogP contribution >= 0.6 is 0 Å². The number of ether oxygens (including phenoxy) is 1. The number of rotatable bonds is 5. The summed E-state index contributed by atoms with van der Waals surface area (Å²) in [5, 5.41) is 8.71. The van der Waals surface area contributed by atoms with E-state index in [4.69, 9.17) is 9.84 Å². The zero-order chi connectivity index (χ0) is 10.4. The van der Waals surface area contributed by atoms with Crippen LogP contribution < -0.4 is 4.74 Å². The molecule has 0 radical (unpaired) electrons. The van der Waals surface area contributed by atoms with Crippen LogP contribution in [0.1, 0.15) is 24.5 Å². The van der Waals surface area contributed by atoms with Gasteiger partial charge in [0.15, 0.2) is 0 Å². The molecule has 1 rings (SSSR count). The number of benzene rings is 1. The summed E-state index contributed by atoms with van der Waals surface area (Å²) in [7, 11) is 0. The molecule has 0 amide bonds. The Morgan fingerprint density at radius 1 is 1.36 bits per heavy atom. The topological polar surface area (TPSA) is 29.5 Å². The SMILES string of the molecule is CCOc1ccc(CCCO)cc1C. The van der Waals surface area contributed by atoms with Crippen molar-refractivity contribution in [3.05, 3.63) is 29.3 Å². The summed E-state index contributed by atoms with van der Waals surface area (Å²) in [6.07, 6.45) is 1.76. The van der Waals surface area contributed by atoms with E-state index in [1.165, 1.54) is 11.1 Å². The smallest absolute Gasteiger partial charge is 0.122 e. The van der Waals surface area contributed by atoms with Gasteiger partial charge in [0, 0.05) is 6.61 Å². The molecule has 0 saturated heterocycles. The molecule has 0 saturated carbocycles. The van der Waals surface area contributed by atoms with E-state index in [1.807, 2.05) is 19.9 Å². The number of aliphatic hydroxyl groups is 1. The van der Waals surface area contributed by atoms with Crippen LogP contribution in [0.4, 0.5) is 0 Å². The first-order valence-corrected chi connectivity index (χ1v) is 5.11. The first-order chi connectivity index (χ1) is 6.77. The molecular weight excluding hydrogens is 176 g/mol. The molecule has 14 heavy (non-hydrogen) atoms. The van der Waals surface area contributed by atoms with Crippen LogP contribution in [0.5, 0.6) is 5.75 Å². The van der Waals surface area contributed by atoms with Crippen LogP contribution in [0.25, 0.3) is 0 Å². The fourth-order valence-electron chi connectivity index (χ4n) is 1.47. The highest BCUT2D eigenvalue weighted by atomic mass is 16.5. The highest BCUT2D eigenvalue weighted by molar-refractivity contribution is 5.36. The van der Waals surface area contributed by atoms with Crippen molar-refractivity contribution in [2.75, 3.05) is 13.2 Å². The molecule has 0 bridgehead atoms. The lowest BCUT2D eigenvalue weighted by Gasteiger charge is -2.08. The Kier molecular flexibility index (Phi) is 4.47. The van der Waals surface area contributed by atoms with E-state index < -0.39 is 0 Å². The third kappa shape index (κ3) is 3.04. The minimum absolute atomic E-state index is 0.256. The number of hydrogen-bond acceptors (Lipinski definition) is 2. The van der Waals surface area contributed by atoms with Gasteiger partial charge in [-0.15, -0.1) is 0 Å². The van der Waals surface area contributed by atoms with Gasteiger partial charge in [-0.25, -0.2) is 0 Å². The van der Waals surface area contributed by atoms with Crippen molar-refractivity contribution in [3.63, 3.8) is 0 Å². The van der Waals surface area contributed by atoms with E-state index in [0.717, 1.165) is 18.6 Å². The maximum atomic E-state index is 8.71. The first kappa shape index (κ1) is 11.1. The van der Waals surface area contributed by atoms with Crippen LogP contribution in [0, 0.1) is 6.92 Å². The molecule has 0 unspecified atom stereocenters. The molecule has 0 aliphatic heterocycles. The first-order valence-electron chi connectivity index (χ1n) is 5.11. The van der Waals surface area contributed by atoms with Gasteiger partial charge in [-0.3, -0.25) is 0 Å². The zero-order valence-electron chi connectivity index (χ0n) is 8.92. The molecule has 0 heterocycles. The predicted molar refractivity (Wildman–Crippen MR) is 57.8 cm³/mol. The summed E-state index contributed by atoms with van der Waals surface area (Å²) in [5.41, 5.74) is 2.43. The highest BCUT2D eigenvalue weighted by Crippen LogP contribution is 2.19. The molecule has 78 valence electrons. The average molecular weight is 194 g/mol. The van der Waals surface area contributed by atoms with E-state index in [9.17, 15) is 0 Å². The van der Waals surface area contributed by atoms with Gasteiger partial charge in [-0.1, -0.05) is 12.1 Å². The molecule has 0 fully saturated rings. The molecule has 1 aromatic carbocycles. The molecule has 1 N–H and O–H groups in total. The lowest BCUT2D eigenvalue weighted by molar-refractivity contribution is 0.288. The van der Waals surface area contributed by atoms with Crippen LogP contribution in [0.3, 0.4) is 0 Å². The molecule has 0 aliphatic rings. The van der Waals surface area contributed by atoms with Gasteiger partial charge in [-0.2, -0.15) is 0 Å². The van der Waals surface area contributed by atoms with Crippen LogP contribution in [0.15, 0.2) is 18.2 Å². The van der Waals surface area contributed by atoms with E-state index in [1.54, 1.807) is 0 Å². The van der Waals surface area contributed by atoms with Gasteiger partial charge in [0.1, 0.15) is 5.75 Å². The third-order valence-corrected chi connectivity index (χ3v) is 2.16. The van der Waals surface area contributed by atoms with Crippen molar-refractivity contribution in [1.29, 1.82) is 0 Å². The summed E-state index contributed by atoms with van der Waals surface area (Å²) >= 11 is 0. The van der Waals surface area contributed by atoms with Gasteiger partial charge in [-0.05, 0) is 43.9 Å². The normalized spacial score (nSPS) is 10.2. The Morgan fingerprint density at radius 3 is 2.71 bits per heavy atom. The summed E-state index contributed by atoms with van der Waals surface area (Å²) in [5.74, 6) is 0.959. The Bertz CT molecular complexity index is 282. The largest absolute Gasteiger partial charge is 0.494 e. The van der Waals surface area contributed by atoms with E-state index >= 15 is 0 Å². The molecule has 0 aliphatic carbocycles.